The molecule has 0 saturated heterocycles. The molecule has 1 amide bonds. The number of rotatable bonds is 3. The molecular formula is C15H22FNO. The van der Waals surface area contributed by atoms with Crippen molar-refractivity contribution in [2.75, 3.05) is 0 Å². The molecule has 18 heavy (non-hydrogen) atoms. The van der Waals surface area contributed by atoms with Crippen LogP contribution in [0.2, 0.25) is 0 Å². The van der Waals surface area contributed by atoms with Crippen molar-refractivity contribution in [2.24, 2.45) is 5.41 Å². The minimum atomic E-state index is -0.392. The Kier molecular flexibility index (Phi) is 4.15. The van der Waals surface area contributed by atoms with Crippen LogP contribution < -0.4 is 5.32 Å². The van der Waals surface area contributed by atoms with E-state index in [1.807, 2.05) is 13.8 Å². The van der Waals surface area contributed by atoms with Crippen molar-refractivity contribution in [3.05, 3.63) is 35.6 Å². The van der Waals surface area contributed by atoms with Gasteiger partial charge in [0, 0.05) is 11.1 Å². The van der Waals surface area contributed by atoms with Crippen molar-refractivity contribution in [1.82, 2.24) is 5.32 Å². The maximum Gasteiger partial charge on any atom is 0.251 e. The molecule has 100 valence electrons. The van der Waals surface area contributed by atoms with Gasteiger partial charge < -0.3 is 5.32 Å². The molecule has 1 N–H and O–H groups in total. The van der Waals surface area contributed by atoms with Gasteiger partial charge in [-0.05, 0) is 43.9 Å². The largest absolute Gasteiger partial charge is 0.347 e. The predicted octanol–water partition coefficient (Wildman–Crippen LogP) is 3.77. The summed E-state index contributed by atoms with van der Waals surface area (Å²) in [6, 6.07) is 5.74. The van der Waals surface area contributed by atoms with Crippen LogP contribution >= 0.6 is 0 Å². The zero-order chi connectivity index (χ0) is 14.0. The maximum atomic E-state index is 13.1. The van der Waals surface area contributed by atoms with Crippen LogP contribution in [0.4, 0.5) is 4.39 Å². The normalized spacial score (nSPS) is 12.3. The molecule has 0 aliphatic heterocycles. The van der Waals surface area contributed by atoms with Gasteiger partial charge in [0.05, 0.1) is 0 Å². The van der Waals surface area contributed by atoms with E-state index in [2.05, 4.69) is 26.1 Å². The van der Waals surface area contributed by atoms with Crippen LogP contribution in [0.5, 0.6) is 0 Å². The Hall–Kier alpha value is -1.38. The molecule has 0 fully saturated rings. The lowest BCUT2D eigenvalue weighted by Crippen LogP contribution is -2.45. The number of hydrogen-bond acceptors (Lipinski definition) is 1. The van der Waals surface area contributed by atoms with Gasteiger partial charge in [0.2, 0.25) is 0 Å². The molecule has 0 radical (unpaired) electrons. The summed E-state index contributed by atoms with van der Waals surface area (Å²) in [4.78, 5) is 12.0. The van der Waals surface area contributed by atoms with Crippen molar-refractivity contribution in [2.45, 2.75) is 46.6 Å². The monoisotopic (exact) mass is 251 g/mol. The summed E-state index contributed by atoms with van der Waals surface area (Å²) in [7, 11) is 0. The number of benzene rings is 1. The number of halogens is 1. The van der Waals surface area contributed by atoms with E-state index < -0.39 is 5.82 Å². The highest BCUT2D eigenvalue weighted by Crippen LogP contribution is 2.27. The molecule has 2 nitrogen and oxygen atoms in total. The molecule has 0 saturated carbocycles. The molecular weight excluding hydrogens is 229 g/mol. The summed E-state index contributed by atoms with van der Waals surface area (Å²) in [6.45, 7) is 10.3. The fraction of sp³-hybridized carbons (Fsp3) is 0.533. The van der Waals surface area contributed by atoms with E-state index in [9.17, 15) is 9.18 Å². The van der Waals surface area contributed by atoms with Gasteiger partial charge in [-0.25, -0.2) is 4.39 Å². The summed E-state index contributed by atoms with van der Waals surface area (Å²) in [5.41, 5.74) is 0.164. The van der Waals surface area contributed by atoms with Crippen molar-refractivity contribution >= 4 is 5.91 Å². The van der Waals surface area contributed by atoms with Crippen molar-refractivity contribution in [1.29, 1.82) is 0 Å². The molecule has 1 aromatic carbocycles. The summed E-state index contributed by atoms with van der Waals surface area (Å²) >= 11 is 0. The summed E-state index contributed by atoms with van der Waals surface area (Å²) in [5, 5.41) is 2.95. The lowest BCUT2D eigenvalue weighted by Gasteiger charge is -2.33. The van der Waals surface area contributed by atoms with E-state index in [1.54, 1.807) is 12.1 Å². The predicted molar refractivity (Wildman–Crippen MR) is 72.0 cm³/mol. The summed E-state index contributed by atoms with van der Waals surface area (Å²) in [5.74, 6) is -0.625. The number of carbonyl (C=O) groups is 1. The Morgan fingerprint density at radius 3 is 2.33 bits per heavy atom. The van der Waals surface area contributed by atoms with E-state index in [4.69, 9.17) is 0 Å². The second-order valence-electron chi connectivity index (χ2n) is 6.59. The first-order chi connectivity index (χ1) is 8.09. The molecule has 0 bridgehead atoms. The lowest BCUT2D eigenvalue weighted by atomic mass is 9.81. The third-order valence-corrected chi connectivity index (χ3v) is 2.51. The molecule has 0 spiro atoms. The zero-order valence-corrected chi connectivity index (χ0v) is 11.8. The van der Waals surface area contributed by atoms with Gasteiger partial charge in [-0.15, -0.1) is 0 Å². The van der Waals surface area contributed by atoms with Crippen molar-refractivity contribution in [3.8, 4) is 0 Å². The SMILES string of the molecule is CC(C)(C)CC(C)(C)NC(=O)c1cccc(F)c1. The van der Waals surface area contributed by atoms with E-state index in [1.165, 1.54) is 12.1 Å². The smallest absolute Gasteiger partial charge is 0.251 e. The standard InChI is InChI=1S/C15H22FNO/c1-14(2,3)10-15(4,5)17-13(18)11-7-6-8-12(16)9-11/h6-9H,10H2,1-5H3,(H,17,18). The minimum absolute atomic E-state index is 0.124. The van der Waals surface area contributed by atoms with Crippen LogP contribution in [0, 0.1) is 11.2 Å². The molecule has 1 aromatic rings. The third kappa shape index (κ3) is 4.86. The average molecular weight is 251 g/mol. The van der Waals surface area contributed by atoms with Crippen LogP contribution in [0.25, 0.3) is 0 Å². The number of carbonyl (C=O) groups excluding carboxylic acids is 1. The highest BCUT2D eigenvalue weighted by Gasteiger charge is 2.27. The highest BCUT2D eigenvalue weighted by molar-refractivity contribution is 5.94. The Bertz CT molecular complexity index is 432. The Labute approximate surface area is 109 Å². The van der Waals surface area contributed by atoms with E-state index >= 15 is 0 Å². The fourth-order valence-corrected chi connectivity index (χ4v) is 2.38. The first-order valence-corrected chi connectivity index (χ1v) is 6.17. The minimum Gasteiger partial charge on any atom is -0.347 e. The molecule has 0 aromatic heterocycles. The van der Waals surface area contributed by atoms with Gasteiger partial charge in [0.1, 0.15) is 5.82 Å². The maximum absolute atomic E-state index is 13.1. The van der Waals surface area contributed by atoms with Crippen LogP contribution in [0.15, 0.2) is 24.3 Å². The first kappa shape index (κ1) is 14.7. The molecule has 1 rings (SSSR count). The van der Waals surface area contributed by atoms with Gasteiger partial charge in [0.15, 0.2) is 0 Å². The van der Waals surface area contributed by atoms with E-state index in [0.29, 0.717) is 5.56 Å². The zero-order valence-electron chi connectivity index (χ0n) is 11.8. The average Bonchev–Trinajstić information content (AvgIpc) is 2.12. The molecule has 0 unspecified atom stereocenters. The molecule has 0 heterocycles. The van der Waals surface area contributed by atoms with Gasteiger partial charge in [0.25, 0.3) is 5.91 Å². The van der Waals surface area contributed by atoms with Gasteiger partial charge in [-0.1, -0.05) is 26.8 Å². The second-order valence-corrected chi connectivity index (χ2v) is 6.59. The Balaban J connectivity index is 2.75. The molecule has 0 atom stereocenters. The highest BCUT2D eigenvalue weighted by atomic mass is 19.1. The summed E-state index contributed by atoms with van der Waals surface area (Å²) in [6.07, 6.45) is 0.848. The Morgan fingerprint density at radius 1 is 1.22 bits per heavy atom. The van der Waals surface area contributed by atoms with Crippen LogP contribution in [0.3, 0.4) is 0 Å². The van der Waals surface area contributed by atoms with E-state index in [-0.39, 0.29) is 16.9 Å². The third-order valence-electron chi connectivity index (χ3n) is 2.51. The number of hydrogen-bond donors (Lipinski definition) is 1. The molecule has 0 aliphatic carbocycles. The summed E-state index contributed by atoms with van der Waals surface area (Å²) < 4.78 is 13.1. The lowest BCUT2D eigenvalue weighted by molar-refractivity contribution is 0.0891. The van der Waals surface area contributed by atoms with Crippen molar-refractivity contribution < 1.29 is 9.18 Å². The van der Waals surface area contributed by atoms with Crippen LogP contribution in [-0.4, -0.2) is 11.4 Å². The number of amides is 1. The van der Waals surface area contributed by atoms with E-state index in [0.717, 1.165) is 6.42 Å². The quantitative estimate of drug-likeness (QED) is 0.870. The Morgan fingerprint density at radius 2 is 1.83 bits per heavy atom. The first-order valence-electron chi connectivity index (χ1n) is 6.17. The van der Waals surface area contributed by atoms with Crippen LogP contribution in [0.1, 0.15) is 51.4 Å². The molecule has 3 heteroatoms. The topological polar surface area (TPSA) is 29.1 Å². The molecule has 0 aliphatic rings. The van der Waals surface area contributed by atoms with Gasteiger partial charge in [-0.2, -0.15) is 0 Å². The number of nitrogens with one attached hydrogen (secondary N) is 1. The van der Waals surface area contributed by atoms with Gasteiger partial charge >= 0.3 is 0 Å². The fourth-order valence-electron chi connectivity index (χ4n) is 2.38. The van der Waals surface area contributed by atoms with Gasteiger partial charge in [-0.3, -0.25) is 4.79 Å². The van der Waals surface area contributed by atoms with Crippen LogP contribution in [-0.2, 0) is 0 Å². The van der Waals surface area contributed by atoms with Crippen molar-refractivity contribution in [3.63, 3.8) is 0 Å². The second kappa shape index (κ2) is 5.09.